The summed E-state index contributed by atoms with van der Waals surface area (Å²) in [6.45, 7) is 4.08. The molecule has 1 aromatic rings. The highest BCUT2D eigenvalue weighted by Crippen LogP contribution is 2.30. The molecule has 1 aromatic carbocycles. The molecule has 2 amide bonds. The number of halogens is 1. The maximum absolute atomic E-state index is 12.3. The minimum Gasteiger partial charge on any atom is -0.353 e. The van der Waals surface area contributed by atoms with Gasteiger partial charge in [-0.25, -0.2) is 0 Å². The van der Waals surface area contributed by atoms with Crippen molar-refractivity contribution in [3.63, 3.8) is 0 Å². The monoisotopic (exact) mass is 336 g/mol. The summed E-state index contributed by atoms with van der Waals surface area (Å²) < 4.78 is 0. The predicted molar refractivity (Wildman–Crippen MR) is 93.4 cm³/mol. The average Bonchev–Trinajstić information content (AvgIpc) is 2.56. The number of carbonyl (C=O) groups excluding carboxylic acids is 2. The largest absolute Gasteiger partial charge is 0.353 e. The number of amides is 2. The zero-order chi connectivity index (χ0) is 16.8. The van der Waals surface area contributed by atoms with Gasteiger partial charge in [0.15, 0.2) is 0 Å². The summed E-state index contributed by atoms with van der Waals surface area (Å²) in [5.74, 6) is 0.200. The van der Waals surface area contributed by atoms with E-state index in [4.69, 9.17) is 11.6 Å². The lowest BCUT2D eigenvalue weighted by molar-refractivity contribution is -0.129. The Kier molecular flexibility index (Phi) is 6.46. The van der Waals surface area contributed by atoms with E-state index < -0.39 is 0 Å². The highest BCUT2D eigenvalue weighted by Gasteiger charge is 2.30. The van der Waals surface area contributed by atoms with Crippen LogP contribution in [0.3, 0.4) is 0 Å². The van der Waals surface area contributed by atoms with Crippen molar-refractivity contribution in [1.29, 1.82) is 0 Å². The molecule has 0 bridgehead atoms. The van der Waals surface area contributed by atoms with E-state index >= 15 is 0 Å². The van der Waals surface area contributed by atoms with Crippen LogP contribution in [0.2, 0.25) is 5.02 Å². The normalized spacial score (nSPS) is 22.2. The molecule has 23 heavy (non-hydrogen) atoms. The van der Waals surface area contributed by atoms with E-state index in [1.165, 1.54) is 0 Å². The summed E-state index contributed by atoms with van der Waals surface area (Å²) in [6.07, 6.45) is 4.02. The molecular weight excluding hydrogens is 312 g/mol. The second kappa shape index (κ2) is 8.34. The number of benzene rings is 1. The number of hydrogen-bond acceptors (Lipinski definition) is 2. The standard InChI is InChI=1S/C18H25ClN2O2/c1-3-12(2)20-17(22)13-4-6-14(7-5-13)18(23)21-16-10-8-15(19)9-11-16/h8-14H,3-7H2,1-2H3,(H,20,22)(H,21,23). The smallest absolute Gasteiger partial charge is 0.227 e. The van der Waals surface area contributed by atoms with E-state index in [0.717, 1.165) is 37.8 Å². The molecule has 1 aliphatic rings. The number of anilines is 1. The van der Waals surface area contributed by atoms with E-state index in [1.54, 1.807) is 24.3 Å². The molecule has 126 valence electrons. The average molecular weight is 337 g/mol. The van der Waals surface area contributed by atoms with Gasteiger partial charge in [-0.15, -0.1) is 0 Å². The van der Waals surface area contributed by atoms with E-state index in [0.29, 0.717) is 5.02 Å². The summed E-state index contributed by atoms with van der Waals surface area (Å²) in [7, 11) is 0. The molecule has 0 aliphatic heterocycles. The molecule has 0 radical (unpaired) electrons. The third-order valence-corrected chi connectivity index (χ3v) is 4.83. The van der Waals surface area contributed by atoms with Crippen LogP contribution in [0, 0.1) is 11.8 Å². The molecule has 1 fully saturated rings. The molecule has 0 spiro atoms. The Balaban J connectivity index is 1.80. The predicted octanol–water partition coefficient (Wildman–Crippen LogP) is 4.00. The molecule has 1 unspecified atom stereocenters. The van der Waals surface area contributed by atoms with Crippen molar-refractivity contribution in [2.45, 2.75) is 52.0 Å². The number of nitrogens with one attached hydrogen (secondary N) is 2. The Labute approximate surface area is 143 Å². The van der Waals surface area contributed by atoms with Crippen LogP contribution in [-0.4, -0.2) is 17.9 Å². The molecule has 2 rings (SSSR count). The number of rotatable bonds is 5. The molecule has 0 aromatic heterocycles. The lowest BCUT2D eigenvalue weighted by Crippen LogP contribution is -2.39. The van der Waals surface area contributed by atoms with E-state index in [2.05, 4.69) is 17.6 Å². The summed E-state index contributed by atoms with van der Waals surface area (Å²) in [5, 5.41) is 6.61. The first-order valence-corrected chi connectivity index (χ1v) is 8.74. The summed E-state index contributed by atoms with van der Waals surface area (Å²) in [6, 6.07) is 7.32. The Morgan fingerprint density at radius 3 is 2.13 bits per heavy atom. The van der Waals surface area contributed by atoms with Gasteiger partial charge in [-0.3, -0.25) is 9.59 Å². The molecule has 0 heterocycles. The fraction of sp³-hybridized carbons (Fsp3) is 0.556. The van der Waals surface area contributed by atoms with Crippen molar-refractivity contribution >= 4 is 29.1 Å². The molecule has 5 heteroatoms. The third-order valence-electron chi connectivity index (χ3n) is 4.58. The van der Waals surface area contributed by atoms with Crippen LogP contribution in [0.25, 0.3) is 0 Å². The quantitative estimate of drug-likeness (QED) is 0.853. The molecule has 0 saturated heterocycles. The molecule has 1 aliphatic carbocycles. The molecular formula is C18H25ClN2O2. The van der Waals surface area contributed by atoms with Gasteiger partial charge in [0.2, 0.25) is 11.8 Å². The first-order chi connectivity index (χ1) is 11.0. The van der Waals surface area contributed by atoms with E-state index in [-0.39, 0.29) is 29.7 Å². The van der Waals surface area contributed by atoms with E-state index in [1.807, 2.05) is 6.92 Å². The van der Waals surface area contributed by atoms with E-state index in [9.17, 15) is 9.59 Å². The Bertz CT molecular complexity index is 536. The van der Waals surface area contributed by atoms with Gasteiger partial charge in [-0.1, -0.05) is 18.5 Å². The van der Waals surface area contributed by atoms with Crippen LogP contribution >= 0.6 is 11.6 Å². The van der Waals surface area contributed by atoms with Gasteiger partial charge in [-0.2, -0.15) is 0 Å². The van der Waals surface area contributed by atoms with Crippen molar-refractivity contribution in [3.8, 4) is 0 Å². The van der Waals surface area contributed by atoms with Crippen molar-refractivity contribution < 1.29 is 9.59 Å². The van der Waals surface area contributed by atoms with Gasteiger partial charge in [0.05, 0.1) is 0 Å². The first kappa shape index (κ1) is 17.8. The third kappa shape index (κ3) is 5.24. The maximum Gasteiger partial charge on any atom is 0.227 e. The fourth-order valence-corrected chi connectivity index (χ4v) is 2.98. The highest BCUT2D eigenvalue weighted by molar-refractivity contribution is 6.30. The number of carbonyl (C=O) groups is 2. The first-order valence-electron chi connectivity index (χ1n) is 8.36. The van der Waals surface area contributed by atoms with Crippen LogP contribution in [0.4, 0.5) is 5.69 Å². The van der Waals surface area contributed by atoms with Crippen LogP contribution in [0.5, 0.6) is 0 Å². The second-order valence-electron chi connectivity index (χ2n) is 6.36. The molecule has 2 N–H and O–H groups in total. The van der Waals surface area contributed by atoms with Gasteiger partial charge in [0, 0.05) is 28.6 Å². The fourth-order valence-electron chi connectivity index (χ4n) is 2.86. The van der Waals surface area contributed by atoms with Gasteiger partial charge in [0.25, 0.3) is 0 Å². The van der Waals surface area contributed by atoms with Crippen LogP contribution in [0.15, 0.2) is 24.3 Å². The minimum atomic E-state index is -0.0154. The Morgan fingerprint density at radius 2 is 1.61 bits per heavy atom. The lowest BCUT2D eigenvalue weighted by atomic mass is 9.81. The van der Waals surface area contributed by atoms with Crippen molar-refractivity contribution in [1.82, 2.24) is 5.32 Å². The van der Waals surface area contributed by atoms with Crippen molar-refractivity contribution in [2.24, 2.45) is 11.8 Å². The zero-order valence-electron chi connectivity index (χ0n) is 13.8. The van der Waals surface area contributed by atoms with Crippen LogP contribution < -0.4 is 10.6 Å². The molecule has 1 saturated carbocycles. The van der Waals surface area contributed by atoms with Gasteiger partial charge in [-0.05, 0) is 63.3 Å². The van der Waals surface area contributed by atoms with Crippen LogP contribution in [-0.2, 0) is 9.59 Å². The minimum absolute atomic E-state index is 0.0154. The summed E-state index contributed by atoms with van der Waals surface area (Å²) in [5.41, 5.74) is 0.760. The second-order valence-corrected chi connectivity index (χ2v) is 6.80. The van der Waals surface area contributed by atoms with Gasteiger partial charge in [0.1, 0.15) is 0 Å². The SMILES string of the molecule is CCC(C)NC(=O)C1CCC(C(=O)Nc2ccc(Cl)cc2)CC1. The lowest BCUT2D eigenvalue weighted by Gasteiger charge is -2.28. The zero-order valence-corrected chi connectivity index (χ0v) is 14.5. The van der Waals surface area contributed by atoms with Gasteiger partial charge < -0.3 is 10.6 Å². The molecule has 1 atom stereocenters. The summed E-state index contributed by atoms with van der Waals surface area (Å²) in [4.78, 5) is 24.5. The van der Waals surface area contributed by atoms with Crippen molar-refractivity contribution in [3.05, 3.63) is 29.3 Å². The number of hydrogen-bond donors (Lipinski definition) is 2. The topological polar surface area (TPSA) is 58.2 Å². The maximum atomic E-state index is 12.3. The van der Waals surface area contributed by atoms with Crippen LogP contribution in [0.1, 0.15) is 46.0 Å². The molecule has 4 nitrogen and oxygen atoms in total. The highest BCUT2D eigenvalue weighted by atomic mass is 35.5. The summed E-state index contributed by atoms with van der Waals surface area (Å²) >= 11 is 5.84. The Morgan fingerprint density at radius 1 is 1.09 bits per heavy atom. The van der Waals surface area contributed by atoms with Crippen molar-refractivity contribution in [2.75, 3.05) is 5.32 Å². The Hall–Kier alpha value is -1.55. The van der Waals surface area contributed by atoms with Gasteiger partial charge >= 0.3 is 0 Å².